The van der Waals surface area contributed by atoms with Gasteiger partial charge >= 0.3 is 0 Å². The monoisotopic (exact) mass is 416 g/mol. The molecule has 2 aliphatic heterocycles. The maximum absolute atomic E-state index is 12.7. The van der Waals surface area contributed by atoms with Gasteiger partial charge in [-0.3, -0.25) is 4.79 Å². The number of ketones is 1. The molecule has 0 spiro atoms. The van der Waals surface area contributed by atoms with Gasteiger partial charge in [0.1, 0.15) is 41.7 Å². The lowest BCUT2D eigenvalue weighted by Gasteiger charge is -2.39. The van der Waals surface area contributed by atoms with Gasteiger partial charge < -0.3 is 34.3 Å². The van der Waals surface area contributed by atoms with Crippen LogP contribution < -0.4 is 14.2 Å². The molecule has 2 heterocycles. The third-order valence-corrected chi connectivity index (χ3v) is 5.44. The molecule has 0 radical (unpaired) electrons. The molecule has 1 fully saturated rings. The Bertz CT molecular complexity index is 912. The molecule has 2 aromatic rings. The fraction of sp³-hybridized carbons (Fsp3) is 0.409. The molecule has 8 heteroatoms. The summed E-state index contributed by atoms with van der Waals surface area (Å²) in [6, 6.07) is 12.1. The Morgan fingerprint density at radius 1 is 0.967 bits per heavy atom. The molecular formula is C22H24O8. The van der Waals surface area contributed by atoms with Crippen molar-refractivity contribution >= 4 is 5.78 Å². The van der Waals surface area contributed by atoms with Crippen molar-refractivity contribution in [3.8, 4) is 17.2 Å². The number of aliphatic hydroxyl groups is 3. The molecule has 30 heavy (non-hydrogen) atoms. The highest BCUT2D eigenvalue weighted by Gasteiger charge is 2.43. The smallest absolute Gasteiger partial charge is 0.229 e. The van der Waals surface area contributed by atoms with Crippen molar-refractivity contribution in [1.29, 1.82) is 0 Å². The van der Waals surface area contributed by atoms with Crippen molar-refractivity contribution in [3.05, 3.63) is 53.6 Å². The third-order valence-electron chi connectivity index (χ3n) is 5.44. The second-order valence-electron chi connectivity index (χ2n) is 7.46. The number of carbonyl (C=O) groups excluding carboxylic acids is 1. The van der Waals surface area contributed by atoms with E-state index in [4.69, 9.17) is 18.9 Å². The van der Waals surface area contributed by atoms with E-state index in [1.807, 2.05) is 24.3 Å². The average Bonchev–Trinajstić information content (AvgIpc) is 2.76. The number of ether oxygens (including phenoxy) is 4. The van der Waals surface area contributed by atoms with E-state index in [1.165, 1.54) is 6.07 Å². The first-order valence-corrected chi connectivity index (χ1v) is 9.71. The lowest BCUT2D eigenvalue weighted by molar-refractivity contribution is -0.268. The van der Waals surface area contributed by atoms with Crippen molar-refractivity contribution < 1.29 is 39.1 Å². The van der Waals surface area contributed by atoms with Gasteiger partial charge in [-0.1, -0.05) is 12.1 Å². The van der Waals surface area contributed by atoms with Gasteiger partial charge in [-0.2, -0.15) is 0 Å². The van der Waals surface area contributed by atoms with E-state index in [-0.39, 0.29) is 18.0 Å². The number of benzene rings is 2. The van der Waals surface area contributed by atoms with Crippen LogP contribution in [0.2, 0.25) is 0 Å². The van der Waals surface area contributed by atoms with Gasteiger partial charge in [-0.25, -0.2) is 0 Å². The standard InChI is InChI=1S/C22H24O8/c1-11-19(24)20(25)21(26)22(28-11)29-14-7-8-17-15(9-14)16(23)10-18(30-17)12-3-5-13(27-2)6-4-12/h3-9,11,18-22,24-26H,10H2,1-2H3/t11-,18-,19-,20+,21+,22-/m0/s1. The molecule has 0 saturated carbocycles. The van der Waals surface area contributed by atoms with E-state index in [0.29, 0.717) is 11.3 Å². The normalized spacial score (nSPS) is 30.9. The van der Waals surface area contributed by atoms with Gasteiger partial charge in [-0.05, 0) is 42.8 Å². The molecule has 3 N–H and O–H groups in total. The first-order chi connectivity index (χ1) is 14.4. The SMILES string of the molecule is COc1ccc([C@@H]2CC(=O)c3cc(O[C@@H]4O[C@@H](C)[C@H](O)[C@@H](O)[C@H]4O)ccc3O2)cc1. The average molecular weight is 416 g/mol. The predicted molar refractivity (Wildman–Crippen MR) is 105 cm³/mol. The van der Waals surface area contributed by atoms with Gasteiger partial charge in [0.25, 0.3) is 0 Å². The number of hydrogen-bond donors (Lipinski definition) is 3. The Kier molecular flexibility index (Phi) is 5.66. The van der Waals surface area contributed by atoms with Crippen LogP contribution in [0.4, 0.5) is 0 Å². The molecule has 160 valence electrons. The zero-order valence-electron chi connectivity index (χ0n) is 16.6. The van der Waals surface area contributed by atoms with Crippen molar-refractivity contribution in [2.45, 2.75) is 50.2 Å². The minimum absolute atomic E-state index is 0.101. The minimum Gasteiger partial charge on any atom is -0.497 e. The highest BCUT2D eigenvalue weighted by Crippen LogP contribution is 2.37. The predicted octanol–water partition coefficient (Wildman–Crippen LogP) is 1.61. The van der Waals surface area contributed by atoms with Crippen LogP contribution in [0.25, 0.3) is 0 Å². The van der Waals surface area contributed by atoms with Crippen molar-refractivity contribution in [2.24, 2.45) is 0 Å². The summed E-state index contributed by atoms with van der Waals surface area (Å²) in [7, 11) is 1.59. The van der Waals surface area contributed by atoms with Gasteiger partial charge in [-0.15, -0.1) is 0 Å². The number of methoxy groups -OCH3 is 1. The zero-order chi connectivity index (χ0) is 21.4. The maximum Gasteiger partial charge on any atom is 0.229 e. The molecule has 2 aliphatic rings. The summed E-state index contributed by atoms with van der Waals surface area (Å²) in [4.78, 5) is 12.7. The van der Waals surface area contributed by atoms with E-state index >= 15 is 0 Å². The van der Waals surface area contributed by atoms with Crippen LogP contribution in [0.15, 0.2) is 42.5 Å². The van der Waals surface area contributed by atoms with E-state index in [1.54, 1.807) is 26.2 Å². The molecule has 6 atom stereocenters. The Balaban J connectivity index is 1.50. The van der Waals surface area contributed by atoms with Crippen LogP contribution in [0, 0.1) is 0 Å². The summed E-state index contributed by atoms with van der Waals surface area (Å²) in [5.74, 6) is 1.35. The fourth-order valence-electron chi connectivity index (χ4n) is 3.63. The summed E-state index contributed by atoms with van der Waals surface area (Å²) < 4.78 is 22.2. The molecule has 8 nitrogen and oxygen atoms in total. The summed E-state index contributed by atoms with van der Waals surface area (Å²) >= 11 is 0. The Labute approximate surface area is 173 Å². The van der Waals surface area contributed by atoms with Crippen LogP contribution in [0.3, 0.4) is 0 Å². The summed E-state index contributed by atoms with van der Waals surface area (Å²) in [5.41, 5.74) is 1.24. The van der Waals surface area contributed by atoms with Gasteiger partial charge in [0.2, 0.25) is 6.29 Å². The maximum atomic E-state index is 12.7. The molecule has 1 saturated heterocycles. The highest BCUT2D eigenvalue weighted by atomic mass is 16.7. The number of carbonyl (C=O) groups is 1. The molecular weight excluding hydrogens is 392 g/mol. The number of aliphatic hydroxyl groups excluding tert-OH is 3. The Hall–Kier alpha value is -2.65. The number of rotatable bonds is 4. The molecule has 2 aromatic carbocycles. The number of hydrogen-bond acceptors (Lipinski definition) is 8. The second-order valence-corrected chi connectivity index (χ2v) is 7.46. The van der Waals surface area contributed by atoms with Crippen LogP contribution in [-0.2, 0) is 4.74 Å². The molecule has 0 amide bonds. The lowest BCUT2D eigenvalue weighted by Crippen LogP contribution is -2.58. The van der Waals surface area contributed by atoms with Crippen molar-refractivity contribution in [2.75, 3.05) is 7.11 Å². The van der Waals surface area contributed by atoms with E-state index < -0.39 is 36.8 Å². The van der Waals surface area contributed by atoms with E-state index in [9.17, 15) is 20.1 Å². The first-order valence-electron chi connectivity index (χ1n) is 9.71. The van der Waals surface area contributed by atoms with Crippen LogP contribution in [-0.4, -0.2) is 58.9 Å². The first kappa shape index (κ1) is 20.6. The Morgan fingerprint density at radius 3 is 2.37 bits per heavy atom. The van der Waals surface area contributed by atoms with Gasteiger partial charge in [0.15, 0.2) is 5.78 Å². The molecule has 0 unspecified atom stereocenters. The second kappa shape index (κ2) is 8.23. The Morgan fingerprint density at radius 2 is 1.67 bits per heavy atom. The van der Waals surface area contributed by atoms with Crippen molar-refractivity contribution in [1.82, 2.24) is 0 Å². The fourth-order valence-corrected chi connectivity index (χ4v) is 3.63. The quantitative estimate of drug-likeness (QED) is 0.689. The molecule has 4 rings (SSSR count). The summed E-state index contributed by atoms with van der Waals surface area (Å²) in [6.45, 7) is 1.57. The largest absolute Gasteiger partial charge is 0.497 e. The van der Waals surface area contributed by atoms with E-state index in [2.05, 4.69) is 0 Å². The number of Topliss-reactive ketones (excluding diaryl/α,β-unsaturated/α-hetero) is 1. The topological polar surface area (TPSA) is 115 Å². The van der Waals surface area contributed by atoms with Crippen molar-refractivity contribution in [3.63, 3.8) is 0 Å². The lowest BCUT2D eigenvalue weighted by atomic mass is 9.96. The minimum atomic E-state index is -1.43. The number of fused-ring (bicyclic) bond motifs is 1. The zero-order valence-corrected chi connectivity index (χ0v) is 16.6. The van der Waals surface area contributed by atoms with Crippen LogP contribution in [0.1, 0.15) is 35.4 Å². The van der Waals surface area contributed by atoms with Crippen LogP contribution >= 0.6 is 0 Å². The van der Waals surface area contributed by atoms with Gasteiger partial charge in [0.05, 0.1) is 25.2 Å². The van der Waals surface area contributed by atoms with Gasteiger partial charge in [0, 0.05) is 0 Å². The summed E-state index contributed by atoms with van der Waals surface area (Å²) in [6.07, 6.45) is -6.17. The van der Waals surface area contributed by atoms with Crippen LogP contribution in [0.5, 0.6) is 17.2 Å². The molecule has 0 bridgehead atoms. The third kappa shape index (κ3) is 3.87. The summed E-state index contributed by atoms with van der Waals surface area (Å²) in [5, 5.41) is 29.8. The highest BCUT2D eigenvalue weighted by molar-refractivity contribution is 6.00. The molecule has 0 aromatic heterocycles. The molecule has 0 aliphatic carbocycles. The van der Waals surface area contributed by atoms with E-state index in [0.717, 1.165) is 11.3 Å².